The number of esters is 1. The van der Waals surface area contributed by atoms with Gasteiger partial charge in [0.05, 0.1) is 23.9 Å². The van der Waals surface area contributed by atoms with Gasteiger partial charge in [-0.1, -0.05) is 0 Å². The van der Waals surface area contributed by atoms with Crippen LogP contribution in [0.2, 0.25) is 0 Å². The summed E-state index contributed by atoms with van der Waals surface area (Å²) in [5, 5.41) is 19.7. The van der Waals surface area contributed by atoms with E-state index in [2.05, 4.69) is 0 Å². The molecule has 0 amide bonds. The molecule has 2 fully saturated rings. The van der Waals surface area contributed by atoms with E-state index in [1.165, 1.54) is 6.26 Å². The fraction of sp³-hybridized carbons (Fsp3) is 0.583. The Morgan fingerprint density at radius 1 is 1.53 bits per heavy atom. The zero-order valence-electron chi connectivity index (χ0n) is 9.20. The van der Waals surface area contributed by atoms with Gasteiger partial charge in [-0.25, -0.2) is 0 Å². The minimum absolute atomic E-state index is 0.00847. The van der Waals surface area contributed by atoms with E-state index in [0.717, 1.165) is 6.42 Å². The van der Waals surface area contributed by atoms with Crippen LogP contribution in [-0.4, -0.2) is 28.4 Å². The van der Waals surface area contributed by atoms with Crippen LogP contribution in [0.5, 0.6) is 5.95 Å². The Bertz CT molecular complexity index is 426. The largest absolute Gasteiger partial charge is 0.434 e. The number of carbonyl (C=O) groups is 1. The minimum Gasteiger partial charge on any atom is -0.434 e. The summed E-state index contributed by atoms with van der Waals surface area (Å²) in [6, 6.07) is 3.16. The smallest absolute Gasteiger partial charge is 0.322 e. The van der Waals surface area contributed by atoms with E-state index in [1.807, 2.05) is 0 Å². The molecule has 0 aliphatic heterocycles. The van der Waals surface area contributed by atoms with Crippen molar-refractivity contribution in [3.05, 3.63) is 18.4 Å². The van der Waals surface area contributed by atoms with Crippen molar-refractivity contribution >= 4 is 5.97 Å². The van der Waals surface area contributed by atoms with Gasteiger partial charge in [0, 0.05) is 6.07 Å². The summed E-state index contributed by atoms with van der Waals surface area (Å²) < 4.78 is 10.0. The van der Waals surface area contributed by atoms with Crippen molar-refractivity contribution in [2.24, 2.45) is 11.3 Å². The predicted molar refractivity (Wildman–Crippen MR) is 56.1 cm³/mol. The Kier molecular flexibility index (Phi) is 2.27. The lowest BCUT2D eigenvalue weighted by molar-refractivity contribution is -0.157. The fourth-order valence-corrected chi connectivity index (χ4v) is 3.08. The van der Waals surface area contributed by atoms with Crippen LogP contribution >= 0.6 is 0 Å². The molecule has 3 rings (SSSR count). The molecule has 1 aromatic rings. The summed E-state index contributed by atoms with van der Waals surface area (Å²) in [6.07, 6.45) is 1.39. The first kappa shape index (κ1) is 10.8. The molecule has 0 aromatic carbocycles. The van der Waals surface area contributed by atoms with Crippen LogP contribution in [-0.2, 0) is 4.79 Å². The summed E-state index contributed by atoms with van der Waals surface area (Å²) in [7, 11) is 0. The van der Waals surface area contributed by atoms with Crippen molar-refractivity contribution in [3.8, 4) is 5.95 Å². The van der Waals surface area contributed by atoms with Gasteiger partial charge in [0.2, 0.25) is 0 Å². The molecule has 5 heteroatoms. The summed E-state index contributed by atoms with van der Waals surface area (Å²) in [5.74, 6) is -0.366. The van der Waals surface area contributed by atoms with Gasteiger partial charge in [0.15, 0.2) is 0 Å². The highest BCUT2D eigenvalue weighted by Crippen LogP contribution is 2.54. The van der Waals surface area contributed by atoms with Crippen LogP contribution < -0.4 is 4.74 Å². The highest BCUT2D eigenvalue weighted by molar-refractivity contribution is 5.80. The molecule has 2 aliphatic rings. The first-order valence-corrected chi connectivity index (χ1v) is 5.75. The third-order valence-electron chi connectivity index (χ3n) is 4.06. The normalized spacial score (nSPS) is 39.5. The number of aliphatic hydroxyl groups excluding tert-OH is 2. The van der Waals surface area contributed by atoms with Gasteiger partial charge in [0.25, 0.3) is 5.95 Å². The van der Waals surface area contributed by atoms with Gasteiger partial charge in [-0.3, -0.25) is 4.79 Å². The Hall–Kier alpha value is -1.33. The molecular weight excluding hydrogens is 224 g/mol. The van der Waals surface area contributed by atoms with Gasteiger partial charge in [-0.15, -0.1) is 0 Å². The third kappa shape index (κ3) is 1.42. The molecule has 0 saturated heterocycles. The number of hydrogen-bond acceptors (Lipinski definition) is 5. The van der Waals surface area contributed by atoms with Gasteiger partial charge in [-0.05, 0) is 31.2 Å². The van der Waals surface area contributed by atoms with Crippen molar-refractivity contribution in [1.29, 1.82) is 0 Å². The molecule has 1 aromatic heterocycles. The van der Waals surface area contributed by atoms with Crippen LogP contribution in [0.3, 0.4) is 0 Å². The summed E-state index contributed by atoms with van der Waals surface area (Å²) in [6.45, 7) is 0. The Labute approximate surface area is 98.0 Å². The predicted octanol–water partition coefficient (Wildman–Crippen LogP) is 0.707. The fourth-order valence-electron chi connectivity index (χ4n) is 3.08. The molecule has 2 aliphatic carbocycles. The van der Waals surface area contributed by atoms with Gasteiger partial charge >= 0.3 is 5.97 Å². The lowest BCUT2D eigenvalue weighted by Crippen LogP contribution is -2.46. The Morgan fingerprint density at radius 2 is 2.35 bits per heavy atom. The molecule has 2 N–H and O–H groups in total. The van der Waals surface area contributed by atoms with Crippen LogP contribution in [0.4, 0.5) is 0 Å². The second kappa shape index (κ2) is 3.58. The first-order valence-electron chi connectivity index (χ1n) is 5.75. The second-order valence-corrected chi connectivity index (χ2v) is 4.92. The standard InChI is InChI=1S/C12H14O5/c13-9-7-3-4-12(6-7,10(9)14)11(15)17-8-2-1-5-16-8/h1-2,5,7,9-10,13-14H,3-4,6H2. The maximum absolute atomic E-state index is 12.1. The molecule has 17 heavy (non-hydrogen) atoms. The minimum atomic E-state index is -1.02. The number of carbonyl (C=O) groups excluding carboxylic acids is 1. The summed E-state index contributed by atoms with van der Waals surface area (Å²) in [4.78, 5) is 12.1. The summed E-state index contributed by atoms with van der Waals surface area (Å²) in [5.41, 5.74) is -0.948. The van der Waals surface area contributed by atoms with Crippen molar-refractivity contribution < 1.29 is 24.2 Å². The zero-order valence-corrected chi connectivity index (χ0v) is 9.20. The van der Waals surface area contributed by atoms with E-state index in [4.69, 9.17) is 9.15 Å². The van der Waals surface area contributed by atoms with Crippen LogP contribution in [0.1, 0.15) is 19.3 Å². The Balaban J connectivity index is 1.81. The quantitative estimate of drug-likeness (QED) is 0.742. The maximum atomic E-state index is 12.1. The Morgan fingerprint density at radius 3 is 2.94 bits per heavy atom. The number of furan rings is 1. The van der Waals surface area contributed by atoms with Gasteiger partial charge in [-0.2, -0.15) is 0 Å². The highest BCUT2D eigenvalue weighted by Gasteiger charge is 2.62. The summed E-state index contributed by atoms with van der Waals surface area (Å²) >= 11 is 0. The van der Waals surface area contributed by atoms with Crippen LogP contribution in [0.25, 0.3) is 0 Å². The lowest BCUT2D eigenvalue weighted by atomic mass is 9.81. The number of fused-ring (bicyclic) bond motifs is 2. The molecule has 2 bridgehead atoms. The van der Waals surface area contributed by atoms with Crippen molar-refractivity contribution in [2.45, 2.75) is 31.5 Å². The lowest BCUT2D eigenvalue weighted by Gasteiger charge is -2.30. The third-order valence-corrected chi connectivity index (χ3v) is 4.06. The first-order chi connectivity index (χ1) is 8.13. The monoisotopic (exact) mass is 238 g/mol. The molecule has 2 saturated carbocycles. The van der Waals surface area contributed by atoms with Gasteiger partial charge in [0.1, 0.15) is 0 Å². The molecule has 5 nitrogen and oxygen atoms in total. The van der Waals surface area contributed by atoms with E-state index in [9.17, 15) is 15.0 Å². The van der Waals surface area contributed by atoms with Gasteiger partial charge < -0.3 is 19.4 Å². The SMILES string of the molecule is O=C(Oc1ccco1)C12CCC(C1)C(O)C2O. The van der Waals surface area contributed by atoms with E-state index in [1.54, 1.807) is 12.1 Å². The number of rotatable bonds is 2. The molecule has 0 spiro atoms. The molecule has 0 radical (unpaired) electrons. The van der Waals surface area contributed by atoms with E-state index in [-0.39, 0.29) is 11.9 Å². The van der Waals surface area contributed by atoms with Crippen molar-refractivity contribution in [1.82, 2.24) is 0 Å². The number of hydrogen-bond donors (Lipinski definition) is 2. The van der Waals surface area contributed by atoms with Crippen molar-refractivity contribution in [3.63, 3.8) is 0 Å². The van der Waals surface area contributed by atoms with E-state index >= 15 is 0 Å². The molecule has 92 valence electrons. The van der Waals surface area contributed by atoms with Crippen LogP contribution in [0, 0.1) is 11.3 Å². The van der Waals surface area contributed by atoms with E-state index in [0.29, 0.717) is 12.8 Å². The van der Waals surface area contributed by atoms with Crippen LogP contribution in [0.15, 0.2) is 22.8 Å². The average Bonchev–Trinajstić information content (AvgIpc) is 2.98. The average molecular weight is 238 g/mol. The van der Waals surface area contributed by atoms with E-state index < -0.39 is 23.6 Å². The second-order valence-electron chi connectivity index (χ2n) is 4.92. The molecule has 1 heterocycles. The van der Waals surface area contributed by atoms with Crippen molar-refractivity contribution in [2.75, 3.05) is 0 Å². The molecule has 4 unspecified atom stereocenters. The highest BCUT2D eigenvalue weighted by atomic mass is 16.6. The molecular formula is C12H14O5. The number of ether oxygens (including phenoxy) is 1. The zero-order chi connectivity index (χ0) is 12.0. The topological polar surface area (TPSA) is 79.9 Å². The maximum Gasteiger partial charge on any atom is 0.322 e. The molecule has 4 atom stereocenters. The number of aliphatic hydroxyl groups is 2.